The summed E-state index contributed by atoms with van der Waals surface area (Å²) in [6, 6.07) is 23.1. The third-order valence-electron chi connectivity index (χ3n) is 5.99. The van der Waals surface area contributed by atoms with E-state index in [2.05, 4.69) is 30.7 Å². The molecule has 0 aliphatic carbocycles. The van der Waals surface area contributed by atoms with Crippen LogP contribution in [0, 0.1) is 6.92 Å². The van der Waals surface area contributed by atoms with E-state index < -0.39 is 0 Å². The average Bonchev–Trinajstić information content (AvgIpc) is 3.12. The minimum Gasteiger partial charge on any atom is -0.457 e. The van der Waals surface area contributed by atoms with Crippen LogP contribution in [0.5, 0.6) is 11.5 Å². The summed E-state index contributed by atoms with van der Waals surface area (Å²) in [5.74, 6) is 1.66. The molecule has 5 aromatic rings. The molecule has 0 saturated carbocycles. The molecule has 5 rings (SSSR count). The average molecular weight is 466 g/mol. The summed E-state index contributed by atoms with van der Waals surface area (Å²) in [6.07, 6.45) is 1.39. The summed E-state index contributed by atoms with van der Waals surface area (Å²) in [5, 5.41) is 0. The number of imidazole rings is 1. The molecule has 7 nitrogen and oxygen atoms in total. The summed E-state index contributed by atoms with van der Waals surface area (Å²) in [7, 11) is 0. The van der Waals surface area contributed by atoms with Crippen LogP contribution in [-0.4, -0.2) is 19.1 Å². The van der Waals surface area contributed by atoms with Crippen molar-refractivity contribution in [3.63, 3.8) is 0 Å². The van der Waals surface area contributed by atoms with Crippen molar-refractivity contribution in [3.05, 3.63) is 101 Å². The Bertz CT molecular complexity index is 1590. The number of rotatable bonds is 4. The van der Waals surface area contributed by atoms with E-state index in [4.69, 9.17) is 10.5 Å². The number of benzene rings is 3. The minimum atomic E-state index is -0.260. The van der Waals surface area contributed by atoms with Gasteiger partial charge in [0.2, 0.25) is 0 Å². The van der Waals surface area contributed by atoms with Crippen molar-refractivity contribution in [1.29, 1.82) is 0 Å². The second-order valence-electron chi connectivity index (χ2n) is 9.52. The Morgan fingerprint density at radius 2 is 1.54 bits per heavy atom. The van der Waals surface area contributed by atoms with Crippen molar-refractivity contribution in [1.82, 2.24) is 19.1 Å². The van der Waals surface area contributed by atoms with Crippen LogP contribution >= 0.6 is 0 Å². The molecule has 0 amide bonds. The highest BCUT2D eigenvalue weighted by Gasteiger charge is 2.25. The number of nitrogens with zero attached hydrogens (tertiary/aromatic N) is 4. The maximum absolute atomic E-state index is 14.0. The molecule has 0 aliphatic rings. The van der Waals surface area contributed by atoms with Gasteiger partial charge in [0.1, 0.15) is 23.3 Å². The summed E-state index contributed by atoms with van der Waals surface area (Å²) < 4.78 is 9.19. The van der Waals surface area contributed by atoms with Crippen molar-refractivity contribution in [2.45, 2.75) is 33.1 Å². The number of hydrogen-bond acceptors (Lipinski definition) is 5. The van der Waals surface area contributed by atoms with E-state index in [-0.39, 0.29) is 16.9 Å². The Hall–Kier alpha value is -4.39. The van der Waals surface area contributed by atoms with Gasteiger partial charge in [-0.2, -0.15) is 0 Å². The predicted octanol–water partition coefficient (Wildman–Crippen LogP) is 5.55. The summed E-state index contributed by atoms with van der Waals surface area (Å²) in [4.78, 5) is 22.7. The Morgan fingerprint density at radius 3 is 2.26 bits per heavy atom. The number of aryl methyl sites for hydroxylation is 1. The smallest absolute Gasteiger partial charge is 0.339 e. The highest BCUT2D eigenvalue weighted by Crippen LogP contribution is 2.32. The molecule has 0 unspecified atom stereocenters. The van der Waals surface area contributed by atoms with Gasteiger partial charge in [-0.15, -0.1) is 0 Å². The molecule has 2 aromatic heterocycles. The fourth-order valence-electron chi connectivity index (χ4n) is 4.36. The Labute approximate surface area is 203 Å². The van der Waals surface area contributed by atoms with Crippen molar-refractivity contribution in [3.8, 4) is 22.9 Å². The third kappa shape index (κ3) is 3.95. The normalized spacial score (nSPS) is 11.7. The van der Waals surface area contributed by atoms with E-state index in [1.165, 1.54) is 6.33 Å². The van der Waals surface area contributed by atoms with Gasteiger partial charge in [0, 0.05) is 0 Å². The summed E-state index contributed by atoms with van der Waals surface area (Å²) >= 11 is 0. The van der Waals surface area contributed by atoms with E-state index in [1.54, 1.807) is 9.13 Å². The number of hydrogen-bond donors (Lipinski definition) is 1. The Balaban J connectivity index is 1.73. The lowest BCUT2D eigenvalue weighted by Crippen LogP contribution is -2.25. The lowest BCUT2D eigenvalue weighted by molar-refractivity contribution is 0.482. The van der Waals surface area contributed by atoms with Crippen LogP contribution in [0.1, 0.15) is 31.9 Å². The number of nitrogen functional groups attached to an aromatic ring is 1. The lowest BCUT2D eigenvalue weighted by Gasteiger charge is -2.22. The zero-order valence-electron chi connectivity index (χ0n) is 20.2. The zero-order chi connectivity index (χ0) is 24.7. The molecular formula is C28H27N5O2. The largest absolute Gasteiger partial charge is 0.457 e. The molecule has 0 spiro atoms. The minimum absolute atomic E-state index is 0.185. The Morgan fingerprint density at radius 1 is 0.829 bits per heavy atom. The van der Waals surface area contributed by atoms with Gasteiger partial charge in [0.15, 0.2) is 11.5 Å². The molecule has 0 atom stereocenters. The fraction of sp³-hybridized carbons (Fsp3) is 0.179. The maximum atomic E-state index is 14.0. The number of ether oxygens (including phenoxy) is 1. The van der Waals surface area contributed by atoms with Crippen molar-refractivity contribution in [2.24, 2.45) is 0 Å². The number of para-hydroxylation sites is 2. The van der Waals surface area contributed by atoms with Crippen LogP contribution in [0.3, 0.4) is 0 Å². The summed E-state index contributed by atoms with van der Waals surface area (Å²) in [5.41, 5.74) is 10.1. The predicted molar refractivity (Wildman–Crippen MR) is 139 cm³/mol. The molecule has 0 fully saturated rings. The highest BCUT2D eigenvalue weighted by molar-refractivity contribution is 5.85. The zero-order valence-corrected chi connectivity index (χ0v) is 20.2. The van der Waals surface area contributed by atoms with E-state index >= 15 is 0 Å². The molecule has 0 bridgehead atoms. The number of nitrogens with two attached hydrogens (primary N) is 1. The molecule has 3 aromatic carbocycles. The number of aromatic nitrogens is 4. The van der Waals surface area contributed by atoms with Crippen LogP contribution < -0.4 is 16.2 Å². The molecule has 0 aliphatic heterocycles. The van der Waals surface area contributed by atoms with Crippen molar-refractivity contribution < 1.29 is 4.74 Å². The van der Waals surface area contributed by atoms with E-state index in [9.17, 15) is 4.79 Å². The van der Waals surface area contributed by atoms with E-state index in [0.29, 0.717) is 22.6 Å². The van der Waals surface area contributed by atoms with Crippen LogP contribution in [0.2, 0.25) is 0 Å². The first-order valence-corrected chi connectivity index (χ1v) is 11.4. The molecule has 35 heavy (non-hydrogen) atoms. The van der Waals surface area contributed by atoms with Gasteiger partial charge in [-0.1, -0.05) is 57.2 Å². The van der Waals surface area contributed by atoms with Gasteiger partial charge < -0.3 is 10.5 Å². The van der Waals surface area contributed by atoms with Gasteiger partial charge in [-0.05, 0) is 59.9 Å². The molecule has 2 heterocycles. The first kappa shape index (κ1) is 22.4. The second kappa shape index (κ2) is 8.43. The topological polar surface area (TPSA) is 88.0 Å². The first-order valence-electron chi connectivity index (χ1n) is 11.4. The van der Waals surface area contributed by atoms with Gasteiger partial charge in [0.05, 0.1) is 11.4 Å². The quantitative estimate of drug-likeness (QED) is 0.376. The van der Waals surface area contributed by atoms with Crippen LogP contribution in [0.15, 0.2) is 83.9 Å². The van der Waals surface area contributed by atoms with E-state index in [0.717, 1.165) is 22.6 Å². The monoisotopic (exact) mass is 465 g/mol. The molecule has 0 saturated heterocycles. The molecule has 0 radical (unpaired) electrons. The van der Waals surface area contributed by atoms with Crippen molar-refractivity contribution >= 4 is 17.0 Å². The SMILES string of the molecule is Cc1cc(Oc2ccccc2)ccc1-n1c(=O)n(-c2ccccc2C(C)(C)C)c2ncnc(N)c21. The van der Waals surface area contributed by atoms with Crippen LogP contribution in [-0.2, 0) is 5.41 Å². The first-order chi connectivity index (χ1) is 16.8. The fourth-order valence-corrected chi connectivity index (χ4v) is 4.36. The third-order valence-corrected chi connectivity index (χ3v) is 5.99. The highest BCUT2D eigenvalue weighted by atomic mass is 16.5. The second-order valence-corrected chi connectivity index (χ2v) is 9.52. The summed E-state index contributed by atoms with van der Waals surface area (Å²) in [6.45, 7) is 8.30. The van der Waals surface area contributed by atoms with Gasteiger partial charge in [-0.3, -0.25) is 4.57 Å². The standard InChI is InChI=1S/C28H27N5O2/c1-18-16-20(35-19-10-6-5-7-11-19)14-15-22(18)32-24-25(29)30-17-31-26(24)33(27(32)34)23-13-9-8-12-21(23)28(2,3)4/h5-17H,1-4H3,(H2,29,30,31). The molecule has 7 heteroatoms. The van der Waals surface area contributed by atoms with Crippen LogP contribution in [0.25, 0.3) is 22.5 Å². The van der Waals surface area contributed by atoms with E-state index in [1.807, 2.05) is 79.7 Å². The van der Waals surface area contributed by atoms with Gasteiger partial charge in [0.25, 0.3) is 0 Å². The molecular weight excluding hydrogens is 438 g/mol. The number of fused-ring (bicyclic) bond motifs is 1. The van der Waals surface area contributed by atoms with Gasteiger partial charge in [-0.25, -0.2) is 19.3 Å². The Kier molecular flexibility index (Phi) is 5.40. The maximum Gasteiger partial charge on any atom is 0.339 e. The van der Waals surface area contributed by atoms with Gasteiger partial charge >= 0.3 is 5.69 Å². The van der Waals surface area contributed by atoms with Crippen molar-refractivity contribution in [2.75, 3.05) is 5.73 Å². The molecule has 2 N–H and O–H groups in total. The van der Waals surface area contributed by atoms with Crippen LogP contribution in [0.4, 0.5) is 5.82 Å². The number of anilines is 1. The lowest BCUT2D eigenvalue weighted by atomic mass is 9.86. The molecule has 176 valence electrons.